The van der Waals surface area contributed by atoms with Crippen molar-refractivity contribution in [2.24, 2.45) is 0 Å². The summed E-state index contributed by atoms with van der Waals surface area (Å²) in [5, 5.41) is 0. The van der Waals surface area contributed by atoms with Crippen molar-refractivity contribution in [3.05, 3.63) is 0 Å². The van der Waals surface area contributed by atoms with Crippen LogP contribution in [0.3, 0.4) is 0 Å². The fraction of sp³-hybridized carbons (Fsp3) is 0. The predicted molar refractivity (Wildman–Crippen MR) is 0 cm³/mol. The van der Waals surface area contributed by atoms with Gasteiger partial charge in [0.15, 0.2) is 0 Å². The molecular weight excluding hydrogens is 444 g/mol. The normalized spacial score (nSPS) is 10.0. The van der Waals surface area contributed by atoms with Gasteiger partial charge in [-0.2, -0.15) is 0 Å². The summed E-state index contributed by atoms with van der Waals surface area (Å²) in [5.41, 5.74) is 0. The molecule has 0 aromatic rings. The molecule has 0 aromatic carbocycles. The van der Waals surface area contributed by atoms with E-state index in [1.54, 1.807) is 0 Å². The van der Waals surface area contributed by atoms with Crippen molar-refractivity contribution in [1.82, 2.24) is 0 Å². The van der Waals surface area contributed by atoms with Gasteiger partial charge in [0.05, 0.1) is 0 Å². The van der Waals surface area contributed by atoms with Crippen molar-refractivity contribution in [3.63, 3.8) is 0 Å². The average Bonchev–Trinajstić information content (AvgIpc) is 1.12. The smallest absolute Gasteiger partial charge is 0.286 e. The topological polar surface area (TPSA) is 184 Å². The summed E-state index contributed by atoms with van der Waals surface area (Å²) in [4.78, 5) is 0. The van der Waals surface area contributed by atoms with Crippen molar-refractivity contribution in [3.8, 4) is 0 Å². The fourth-order valence-electron chi connectivity index (χ4n) is 0. The molecule has 0 radical (unpaired) electrons. The summed E-state index contributed by atoms with van der Waals surface area (Å²) < 4.78 is 68.9. The van der Waals surface area contributed by atoms with Crippen molar-refractivity contribution in [1.29, 1.82) is 0 Å². The van der Waals surface area contributed by atoms with E-state index in [9.17, 15) is 0 Å². The van der Waals surface area contributed by atoms with Crippen LogP contribution in [0, 0.1) is 0 Å². The van der Waals surface area contributed by atoms with Gasteiger partial charge in [-0.1, -0.05) is 0 Å². The Morgan fingerprint density at radius 1 is 0.500 bits per heavy atom. The van der Waals surface area contributed by atoms with Gasteiger partial charge in [-0.25, -0.2) is 0 Å². The number of rotatable bonds is 0. The van der Waals surface area contributed by atoms with Crippen molar-refractivity contribution in [2.45, 2.75) is 0 Å². The molecule has 64 valence electrons. The van der Waals surface area contributed by atoms with E-state index >= 15 is 0 Å². The van der Waals surface area contributed by atoms with Gasteiger partial charge in [0.1, 0.15) is 40.2 Å². The Hall–Kier alpha value is 3.78. The summed E-state index contributed by atoms with van der Waals surface area (Å²) >= 11 is -11.9. The van der Waals surface area contributed by atoms with Crippen LogP contribution in [-0.2, 0) is 0 Å². The molecule has 12 heavy (non-hydrogen) atoms. The molecule has 0 atom stereocenters. The quantitative estimate of drug-likeness (QED) is 0.261. The van der Waals surface area contributed by atoms with Crippen LogP contribution in [0.15, 0.2) is 0 Å². The van der Waals surface area contributed by atoms with E-state index in [0.29, 0.717) is 0 Å². The van der Waals surface area contributed by atoms with Gasteiger partial charge >= 0.3 is 80.9 Å². The zero-order valence-electron chi connectivity index (χ0n) is 6.02. The Kier molecular flexibility index (Phi) is 23.3. The van der Waals surface area contributed by atoms with Crippen LogP contribution in [-0.4, -0.2) is 0 Å². The molecule has 0 aromatic heterocycles. The first-order valence-corrected chi connectivity index (χ1v) is 8.28. The van der Waals surface area contributed by atoms with Crippen molar-refractivity contribution >= 4 is 0 Å². The molecule has 0 N–H and O–H groups in total. The van der Waals surface area contributed by atoms with Crippen LogP contribution in [0.4, 0.5) is 0 Å². The van der Waals surface area contributed by atoms with E-state index in [-0.39, 0.29) is 80.9 Å². The zero-order chi connectivity index (χ0) is 9.00. The third-order valence-electron chi connectivity index (χ3n) is 0. The third-order valence-corrected chi connectivity index (χ3v) is 0. The Labute approximate surface area is 145 Å². The molecule has 0 fully saturated rings. The standard InChI is InChI=1S/2IO4.K.Na/c2*2-1(3,4)5;;/q2*-1;2*+1. The minimum Gasteiger partial charge on any atom is -0.286 e. The molecular formula is I2KNaO8. The van der Waals surface area contributed by atoms with Gasteiger partial charge in [0.25, 0.3) is 0 Å². The summed E-state index contributed by atoms with van der Waals surface area (Å²) in [6, 6.07) is 0. The summed E-state index contributed by atoms with van der Waals surface area (Å²) in [6.07, 6.45) is 0. The van der Waals surface area contributed by atoms with Gasteiger partial charge in [0.2, 0.25) is 0 Å². The molecule has 0 aliphatic rings. The summed E-state index contributed by atoms with van der Waals surface area (Å²) in [5.74, 6) is 0. The maximum absolute atomic E-state index is 8.62. The molecule has 0 aliphatic carbocycles. The van der Waals surface area contributed by atoms with Crippen LogP contribution in [0.25, 0.3) is 0 Å². The van der Waals surface area contributed by atoms with Crippen LogP contribution in [0.5, 0.6) is 0 Å². The third kappa shape index (κ3) is 158. The summed E-state index contributed by atoms with van der Waals surface area (Å²) in [7, 11) is 0. The predicted octanol–water partition coefficient (Wildman–Crippen LogP) is -21.5. The minimum atomic E-state index is -5.94. The second kappa shape index (κ2) is 11.3. The second-order valence-electron chi connectivity index (χ2n) is 0.756. The maximum atomic E-state index is 8.62. The zero-order valence-corrected chi connectivity index (χ0v) is 15.5. The molecule has 0 unspecified atom stereocenters. The molecule has 0 amide bonds. The van der Waals surface area contributed by atoms with E-state index in [0.717, 1.165) is 0 Å². The van der Waals surface area contributed by atoms with Crippen LogP contribution in [0.1, 0.15) is 0 Å². The molecule has 0 saturated carbocycles. The van der Waals surface area contributed by atoms with E-state index in [1.807, 2.05) is 0 Å². The molecule has 0 aliphatic heterocycles. The van der Waals surface area contributed by atoms with Gasteiger partial charge in [-0.3, -0.25) is 27.5 Å². The average molecular weight is 444 g/mol. The number of hydrogen-bond donors (Lipinski definition) is 0. The van der Waals surface area contributed by atoms with Gasteiger partial charge < -0.3 is 0 Å². The fourth-order valence-corrected chi connectivity index (χ4v) is 0. The van der Waals surface area contributed by atoms with Gasteiger partial charge in [0, 0.05) is 0 Å². The molecule has 0 rings (SSSR count). The molecule has 0 spiro atoms. The molecule has 12 heteroatoms. The first kappa shape index (κ1) is 24.8. The van der Waals surface area contributed by atoms with E-state index < -0.39 is 40.2 Å². The van der Waals surface area contributed by atoms with E-state index in [4.69, 9.17) is 27.5 Å². The van der Waals surface area contributed by atoms with Crippen LogP contribution < -0.4 is 149 Å². The Morgan fingerprint density at radius 2 is 0.500 bits per heavy atom. The number of hydrogen-bond acceptors (Lipinski definition) is 8. The minimum absolute atomic E-state index is 0. The van der Waals surface area contributed by atoms with Crippen molar-refractivity contribution in [2.75, 3.05) is 0 Å². The van der Waals surface area contributed by atoms with Crippen molar-refractivity contribution < 1.29 is 149 Å². The number of halogens is 2. The van der Waals surface area contributed by atoms with Gasteiger partial charge in [-0.05, 0) is 0 Å². The largest absolute Gasteiger partial charge is 1.00 e. The van der Waals surface area contributed by atoms with E-state index in [1.165, 1.54) is 0 Å². The Bertz CT molecular complexity index is 60.0. The monoisotopic (exact) mass is 444 g/mol. The molecule has 0 bridgehead atoms. The Balaban J connectivity index is -0.0000000457. The van der Waals surface area contributed by atoms with Gasteiger partial charge in [-0.15, -0.1) is 0 Å². The molecule has 8 nitrogen and oxygen atoms in total. The van der Waals surface area contributed by atoms with Crippen LogP contribution in [0.2, 0.25) is 0 Å². The SMILES string of the molecule is [K+].[Na+].[O-][I+3]([O-])([O-])[O-].[O-][I+3]([O-])([O-])[O-]. The van der Waals surface area contributed by atoms with Crippen LogP contribution >= 0.6 is 0 Å². The molecule has 0 saturated heterocycles. The Morgan fingerprint density at radius 3 is 0.500 bits per heavy atom. The first-order chi connectivity index (χ1) is 4.00. The maximum Gasteiger partial charge on any atom is 1.00 e. The first-order valence-electron chi connectivity index (χ1n) is 1.23. The molecule has 0 heterocycles. The summed E-state index contributed by atoms with van der Waals surface area (Å²) in [6.45, 7) is 0. The van der Waals surface area contributed by atoms with E-state index in [2.05, 4.69) is 0 Å². The second-order valence-corrected chi connectivity index (χ2v) is 5.07.